The molecule has 0 bridgehead atoms. The second kappa shape index (κ2) is 2.69. The van der Waals surface area contributed by atoms with Crippen LogP contribution in [0.15, 0.2) is 12.4 Å². The zero-order valence-electron chi connectivity index (χ0n) is 6.11. The van der Waals surface area contributed by atoms with Gasteiger partial charge in [0.25, 0.3) is 0 Å². The van der Waals surface area contributed by atoms with Gasteiger partial charge >= 0.3 is 0 Å². The van der Waals surface area contributed by atoms with Crippen molar-refractivity contribution in [3.05, 3.63) is 23.4 Å². The van der Waals surface area contributed by atoms with E-state index in [0.717, 1.165) is 0 Å². The molecule has 2 aromatic heterocycles. The van der Waals surface area contributed by atoms with E-state index in [1.165, 1.54) is 0 Å². The van der Waals surface area contributed by atoms with Crippen LogP contribution in [0.4, 0.5) is 0 Å². The molecule has 0 atom stereocenters. The summed E-state index contributed by atoms with van der Waals surface area (Å²) in [4.78, 5) is 3.86. The smallest absolute Gasteiger partial charge is 0.198 e. The van der Waals surface area contributed by atoms with E-state index < -0.39 is 0 Å². The Hall–Kier alpha value is -1.20. The van der Waals surface area contributed by atoms with Gasteiger partial charge in [0.05, 0.1) is 6.54 Å². The molecule has 0 aliphatic carbocycles. The molecule has 5 nitrogen and oxygen atoms in total. The van der Waals surface area contributed by atoms with Gasteiger partial charge in [-0.2, -0.15) is 0 Å². The standard InChI is InChI=1S/C6H6ClN5/c7-5-6-11-10-4(3-8)12(6)2-1-9-5/h1-2H,3,8H2. The van der Waals surface area contributed by atoms with Crippen LogP contribution in [0.5, 0.6) is 0 Å². The van der Waals surface area contributed by atoms with Crippen LogP contribution in [0.25, 0.3) is 5.65 Å². The van der Waals surface area contributed by atoms with E-state index in [1.807, 2.05) is 0 Å². The maximum atomic E-state index is 5.75. The molecule has 0 fully saturated rings. The first-order chi connectivity index (χ1) is 5.83. The van der Waals surface area contributed by atoms with E-state index >= 15 is 0 Å². The number of aromatic nitrogens is 4. The zero-order chi connectivity index (χ0) is 8.55. The van der Waals surface area contributed by atoms with Crippen LogP contribution in [0.3, 0.4) is 0 Å². The number of rotatable bonds is 1. The largest absolute Gasteiger partial charge is 0.324 e. The van der Waals surface area contributed by atoms with Crippen molar-refractivity contribution in [3.63, 3.8) is 0 Å². The quantitative estimate of drug-likeness (QED) is 0.688. The van der Waals surface area contributed by atoms with Crippen LogP contribution in [-0.2, 0) is 6.54 Å². The van der Waals surface area contributed by atoms with Crippen LogP contribution in [0.1, 0.15) is 5.82 Å². The predicted octanol–water partition coefficient (Wildman–Crippen LogP) is 0.236. The molecular formula is C6H6ClN5. The van der Waals surface area contributed by atoms with Gasteiger partial charge in [0, 0.05) is 12.4 Å². The van der Waals surface area contributed by atoms with Crippen molar-refractivity contribution in [1.29, 1.82) is 0 Å². The molecule has 0 saturated carbocycles. The van der Waals surface area contributed by atoms with Crippen molar-refractivity contribution in [2.75, 3.05) is 0 Å². The lowest BCUT2D eigenvalue weighted by Crippen LogP contribution is -2.02. The molecule has 2 aromatic rings. The molecule has 0 amide bonds. The molecule has 0 aliphatic heterocycles. The second-order valence-corrected chi connectivity index (χ2v) is 2.59. The van der Waals surface area contributed by atoms with Gasteiger partial charge in [-0.3, -0.25) is 4.40 Å². The summed E-state index contributed by atoms with van der Waals surface area (Å²) >= 11 is 5.75. The highest BCUT2D eigenvalue weighted by molar-refractivity contribution is 6.32. The minimum absolute atomic E-state index is 0.335. The molecule has 0 radical (unpaired) electrons. The van der Waals surface area contributed by atoms with Crippen LogP contribution in [0, 0.1) is 0 Å². The number of nitrogens with zero attached hydrogens (tertiary/aromatic N) is 4. The molecule has 0 saturated heterocycles. The Labute approximate surface area is 73.2 Å². The van der Waals surface area contributed by atoms with Gasteiger partial charge in [-0.1, -0.05) is 11.6 Å². The molecule has 0 unspecified atom stereocenters. The van der Waals surface area contributed by atoms with E-state index in [2.05, 4.69) is 15.2 Å². The van der Waals surface area contributed by atoms with Gasteiger partial charge in [0.15, 0.2) is 16.6 Å². The number of halogens is 1. The van der Waals surface area contributed by atoms with Gasteiger partial charge in [-0.15, -0.1) is 10.2 Å². The predicted molar refractivity (Wildman–Crippen MR) is 43.7 cm³/mol. The number of nitrogens with two attached hydrogens (primary N) is 1. The van der Waals surface area contributed by atoms with E-state index in [4.69, 9.17) is 17.3 Å². The van der Waals surface area contributed by atoms with Crippen molar-refractivity contribution in [2.45, 2.75) is 6.54 Å². The molecule has 6 heteroatoms. The molecule has 0 aliphatic rings. The number of hydrogen-bond acceptors (Lipinski definition) is 4. The van der Waals surface area contributed by atoms with E-state index in [1.54, 1.807) is 16.8 Å². The van der Waals surface area contributed by atoms with Crippen LogP contribution >= 0.6 is 11.6 Å². The van der Waals surface area contributed by atoms with E-state index in [-0.39, 0.29) is 0 Å². The lowest BCUT2D eigenvalue weighted by atomic mass is 10.6. The summed E-state index contributed by atoms with van der Waals surface area (Å²) < 4.78 is 1.72. The van der Waals surface area contributed by atoms with Crippen molar-refractivity contribution < 1.29 is 0 Å². The third-order valence-electron chi connectivity index (χ3n) is 1.54. The van der Waals surface area contributed by atoms with Crippen molar-refractivity contribution in [1.82, 2.24) is 19.6 Å². The van der Waals surface area contributed by atoms with Crippen molar-refractivity contribution in [2.24, 2.45) is 5.73 Å². The van der Waals surface area contributed by atoms with Gasteiger partial charge in [-0.25, -0.2) is 4.98 Å². The van der Waals surface area contributed by atoms with Gasteiger partial charge in [0.1, 0.15) is 0 Å². The Morgan fingerprint density at radius 2 is 2.33 bits per heavy atom. The second-order valence-electron chi connectivity index (χ2n) is 2.23. The maximum absolute atomic E-state index is 5.75. The molecule has 2 rings (SSSR count). The Morgan fingerprint density at radius 1 is 1.50 bits per heavy atom. The van der Waals surface area contributed by atoms with Gasteiger partial charge in [-0.05, 0) is 0 Å². The summed E-state index contributed by atoms with van der Waals surface area (Å²) in [5.74, 6) is 0.675. The third-order valence-corrected chi connectivity index (χ3v) is 1.80. The minimum atomic E-state index is 0.335. The molecular weight excluding hydrogens is 178 g/mol. The topological polar surface area (TPSA) is 69.1 Å². The monoisotopic (exact) mass is 183 g/mol. The first kappa shape index (κ1) is 7.45. The highest BCUT2D eigenvalue weighted by Crippen LogP contribution is 2.11. The minimum Gasteiger partial charge on any atom is -0.324 e. The number of fused-ring (bicyclic) bond motifs is 1. The highest BCUT2D eigenvalue weighted by Gasteiger charge is 2.05. The first-order valence-corrected chi connectivity index (χ1v) is 3.75. The Morgan fingerprint density at radius 3 is 3.08 bits per heavy atom. The third kappa shape index (κ3) is 0.945. The fraction of sp³-hybridized carbons (Fsp3) is 0.167. The molecule has 62 valence electrons. The maximum Gasteiger partial charge on any atom is 0.198 e. The summed E-state index contributed by atoms with van der Waals surface area (Å²) in [6.45, 7) is 0.335. The summed E-state index contributed by atoms with van der Waals surface area (Å²) in [5.41, 5.74) is 5.96. The van der Waals surface area contributed by atoms with Crippen molar-refractivity contribution >= 4 is 17.2 Å². The fourth-order valence-electron chi connectivity index (χ4n) is 0.983. The van der Waals surface area contributed by atoms with Crippen LogP contribution < -0.4 is 5.73 Å². The normalized spacial score (nSPS) is 10.8. The van der Waals surface area contributed by atoms with Gasteiger partial charge in [0.2, 0.25) is 0 Å². The van der Waals surface area contributed by atoms with Crippen molar-refractivity contribution in [3.8, 4) is 0 Å². The van der Waals surface area contributed by atoms with E-state index in [0.29, 0.717) is 23.2 Å². The molecule has 12 heavy (non-hydrogen) atoms. The average molecular weight is 184 g/mol. The van der Waals surface area contributed by atoms with E-state index in [9.17, 15) is 0 Å². The highest BCUT2D eigenvalue weighted by atomic mass is 35.5. The summed E-state index contributed by atoms with van der Waals surface area (Å²) in [7, 11) is 0. The lowest BCUT2D eigenvalue weighted by Gasteiger charge is -1.94. The SMILES string of the molecule is NCc1nnc2c(Cl)nccn12. The first-order valence-electron chi connectivity index (χ1n) is 3.37. The lowest BCUT2D eigenvalue weighted by molar-refractivity contribution is 0.880. The zero-order valence-corrected chi connectivity index (χ0v) is 6.86. The van der Waals surface area contributed by atoms with Gasteiger partial charge < -0.3 is 5.73 Å². The number of hydrogen-bond donors (Lipinski definition) is 1. The fourth-order valence-corrected chi connectivity index (χ4v) is 1.17. The molecule has 0 aromatic carbocycles. The molecule has 2 heterocycles. The van der Waals surface area contributed by atoms with Crippen LogP contribution in [0.2, 0.25) is 5.15 Å². The summed E-state index contributed by atoms with van der Waals surface area (Å²) in [6.07, 6.45) is 3.31. The Kier molecular flexibility index (Phi) is 1.67. The average Bonchev–Trinajstić information content (AvgIpc) is 2.49. The molecule has 2 N–H and O–H groups in total. The Bertz CT molecular complexity index is 409. The summed E-state index contributed by atoms with van der Waals surface area (Å²) in [5, 5.41) is 8.00. The molecule has 0 spiro atoms. The Balaban J connectivity index is 2.80. The summed E-state index contributed by atoms with van der Waals surface area (Å²) in [6, 6.07) is 0. The van der Waals surface area contributed by atoms with Crippen LogP contribution in [-0.4, -0.2) is 19.6 Å².